The van der Waals surface area contributed by atoms with Crippen LogP contribution < -0.4 is 0 Å². The van der Waals surface area contributed by atoms with Gasteiger partial charge in [-0.25, -0.2) is 0 Å². The van der Waals surface area contributed by atoms with Gasteiger partial charge in [0.25, 0.3) is 0 Å². The van der Waals surface area contributed by atoms with E-state index in [4.69, 9.17) is 42.4 Å². The number of carbonyl (C=O) groups excluding carboxylic acids is 5. The quantitative estimate of drug-likeness (QED) is 0.434. The predicted molar refractivity (Wildman–Crippen MR) is 125 cm³/mol. The molecule has 2 aliphatic rings. The number of hydrogen-bond acceptors (Lipinski definition) is 5. The molecule has 0 saturated heterocycles. The third kappa shape index (κ3) is 9.86. The molecule has 4 rings (SSSR count). The molecule has 0 unspecified atom stereocenters. The lowest BCUT2D eigenvalue weighted by Gasteiger charge is -2.12. The van der Waals surface area contributed by atoms with E-state index in [1.54, 1.807) is 6.07 Å². The summed E-state index contributed by atoms with van der Waals surface area (Å²) in [6.45, 7) is 2.13. The topological polar surface area (TPSA) is 85.3 Å². The molecular weight excluding hydrogens is 463 g/mol. The van der Waals surface area contributed by atoms with Gasteiger partial charge in [-0.05, 0) is 73.8 Å². The van der Waals surface area contributed by atoms with Gasteiger partial charge in [-0.15, -0.1) is 0 Å². The highest BCUT2D eigenvalue weighted by atomic mass is 35.5. The summed E-state index contributed by atoms with van der Waals surface area (Å²) in [4.78, 5) is 43.1. The van der Waals surface area contributed by atoms with E-state index in [0.717, 1.165) is 33.4 Å². The van der Waals surface area contributed by atoms with Gasteiger partial charge in [0, 0.05) is 15.6 Å². The first-order chi connectivity index (χ1) is 15.9. The van der Waals surface area contributed by atoms with Crippen LogP contribution in [0.2, 0.25) is 10.0 Å². The van der Waals surface area contributed by atoms with Crippen molar-refractivity contribution in [1.29, 1.82) is 0 Å². The van der Waals surface area contributed by atoms with Gasteiger partial charge in [0.05, 0.1) is 0 Å². The van der Waals surface area contributed by atoms with Gasteiger partial charge < -0.3 is 0 Å². The van der Waals surface area contributed by atoms with Crippen LogP contribution in [0.15, 0.2) is 36.4 Å². The molecule has 0 aliphatic heterocycles. The Labute approximate surface area is 204 Å². The van der Waals surface area contributed by atoms with Crippen LogP contribution in [0.5, 0.6) is 0 Å². The fraction of sp³-hybridized carbons (Fsp3) is 0.423. The Morgan fingerprint density at radius 1 is 0.727 bits per heavy atom. The van der Waals surface area contributed by atoms with E-state index in [0.29, 0.717) is 5.92 Å². The van der Waals surface area contributed by atoms with Gasteiger partial charge in [0.1, 0.15) is 6.29 Å². The summed E-state index contributed by atoms with van der Waals surface area (Å²) in [6, 6.07) is 11.9. The summed E-state index contributed by atoms with van der Waals surface area (Å²) >= 11 is 12.3. The van der Waals surface area contributed by atoms with Crippen molar-refractivity contribution < 1.29 is 24.0 Å². The Bertz CT molecular complexity index is 937. The Morgan fingerprint density at radius 3 is 1.55 bits per heavy atom. The largest absolute Gasteiger partial charge is 0.373 e. The zero-order chi connectivity index (χ0) is 24.6. The van der Waals surface area contributed by atoms with E-state index in [-0.39, 0.29) is 12.3 Å². The number of rotatable bonds is 3. The van der Waals surface area contributed by atoms with Gasteiger partial charge in [-0.3, -0.25) is 4.79 Å². The molecular formula is C26H28Cl2O5. The first-order valence-electron chi connectivity index (χ1n) is 10.9. The van der Waals surface area contributed by atoms with E-state index >= 15 is 0 Å². The van der Waals surface area contributed by atoms with E-state index in [9.17, 15) is 4.79 Å². The molecule has 33 heavy (non-hydrogen) atoms. The normalized spacial score (nSPS) is 14.9. The molecule has 0 amide bonds. The highest BCUT2D eigenvalue weighted by Gasteiger charge is 2.20. The van der Waals surface area contributed by atoms with Crippen LogP contribution in [0, 0.1) is 6.92 Å². The summed E-state index contributed by atoms with van der Waals surface area (Å²) in [5.74, 6) is 1.30. The fourth-order valence-electron chi connectivity index (χ4n) is 4.40. The maximum atomic E-state index is 10.6. The van der Waals surface area contributed by atoms with Crippen LogP contribution in [0.3, 0.4) is 0 Å². The lowest BCUT2D eigenvalue weighted by atomic mass is 9.96. The van der Waals surface area contributed by atoms with Crippen molar-refractivity contribution in [2.24, 2.45) is 0 Å². The third-order valence-electron chi connectivity index (χ3n) is 5.90. The lowest BCUT2D eigenvalue weighted by Crippen LogP contribution is -1.95. The number of aryl methyl sites for hydroxylation is 1. The molecule has 0 atom stereocenters. The van der Waals surface area contributed by atoms with Crippen LogP contribution in [0.25, 0.3) is 0 Å². The monoisotopic (exact) mass is 490 g/mol. The minimum Gasteiger partial charge on any atom is -0.298 e. The van der Waals surface area contributed by atoms with E-state index in [1.165, 1.54) is 62.5 Å². The molecule has 2 fully saturated rings. The molecule has 2 aliphatic carbocycles. The predicted octanol–water partition coefficient (Wildman–Crippen LogP) is 6.95. The molecule has 7 heteroatoms. The number of hydrogen-bond donors (Lipinski definition) is 0. The van der Waals surface area contributed by atoms with Crippen molar-refractivity contribution >= 4 is 41.8 Å². The zero-order valence-corrected chi connectivity index (χ0v) is 20.2. The number of benzene rings is 2. The minimum absolute atomic E-state index is 0.250. The van der Waals surface area contributed by atoms with Crippen LogP contribution >= 0.6 is 23.2 Å². The number of carbonyl (C=O) groups is 1. The van der Waals surface area contributed by atoms with Crippen molar-refractivity contribution in [2.45, 2.75) is 70.1 Å². The Kier molecular flexibility index (Phi) is 13.9. The van der Waals surface area contributed by atoms with Gasteiger partial charge in [-0.2, -0.15) is 19.2 Å². The van der Waals surface area contributed by atoms with Crippen molar-refractivity contribution in [3.63, 3.8) is 0 Å². The first kappa shape index (κ1) is 28.5. The van der Waals surface area contributed by atoms with Crippen LogP contribution in [0.1, 0.15) is 90.3 Å². The van der Waals surface area contributed by atoms with Gasteiger partial charge in [0.15, 0.2) is 0 Å². The van der Waals surface area contributed by atoms with Crippen LogP contribution in [-0.2, 0) is 19.2 Å². The maximum absolute atomic E-state index is 10.6. The van der Waals surface area contributed by atoms with E-state index in [2.05, 4.69) is 19.1 Å². The minimum atomic E-state index is 0.250. The highest BCUT2D eigenvalue weighted by molar-refractivity contribution is 6.31. The molecule has 2 saturated carbocycles. The maximum Gasteiger partial charge on any atom is 0.373 e. The second kappa shape index (κ2) is 16.1. The van der Waals surface area contributed by atoms with Crippen LogP contribution in [-0.4, -0.2) is 18.6 Å². The van der Waals surface area contributed by atoms with Crippen LogP contribution in [0.4, 0.5) is 0 Å². The molecule has 2 aromatic carbocycles. The summed E-state index contributed by atoms with van der Waals surface area (Å²) in [7, 11) is 0. The Hall–Kier alpha value is -2.55. The van der Waals surface area contributed by atoms with Gasteiger partial charge in [0.2, 0.25) is 0 Å². The van der Waals surface area contributed by atoms with Crippen molar-refractivity contribution in [1.82, 2.24) is 0 Å². The van der Waals surface area contributed by atoms with Crippen molar-refractivity contribution in [3.05, 3.63) is 68.7 Å². The lowest BCUT2D eigenvalue weighted by molar-refractivity contribution is -0.193. The molecule has 5 nitrogen and oxygen atoms in total. The van der Waals surface area contributed by atoms with Crippen molar-refractivity contribution in [2.75, 3.05) is 0 Å². The second-order valence-electron chi connectivity index (χ2n) is 8.05. The average molecular weight is 491 g/mol. The summed E-state index contributed by atoms with van der Waals surface area (Å²) in [5.41, 5.74) is 4.59. The summed E-state index contributed by atoms with van der Waals surface area (Å²) in [5, 5.41) is 1.76. The fourth-order valence-corrected chi connectivity index (χ4v) is 4.94. The summed E-state index contributed by atoms with van der Waals surface area (Å²) < 4.78 is 0. The molecule has 0 heterocycles. The molecule has 0 radical (unpaired) electrons. The third-order valence-corrected chi connectivity index (χ3v) is 6.59. The highest BCUT2D eigenvalue weighted by Crippen LogP contribution is 2.38. The van der Waals surface area contributed by atoms with Crippen molar-refractivity contribution in [3.8, 4) is 0 Å². The second-order valence-corrected chi connectivity index (χ2v) is 8.87. The standard InChI is InChI=1S/C12H13ClO.C12H15Cl.2CO2/c13-12-6-5-9(8-14)7-11(12)10-3-1-2-4-10;1-9-6-7-12(13)11(8-9)10-4-2-3-5-10;2*2-1-3/h5-8,10H,1-4H2;6-8,10H,2-5H2,1H3;;. The smallest absolute Gasteiger partial charge is 0.298 e. The van der Waals surface area contributed by atoms with Gasteiger partial charge in [-0.1, -0.05) is 72.6 Å². The average Bonchev–Trinajstić information content (AvgIpc) is 3.52. The van der Waals surface area contributed by atoms with E-state index < -0.39 is 0 Å². The molecule has 0 spiro atoms. The number of aldehydes is 1. The molecule has 2 aromatic rings. The molecule has 0 aromatic heterocycles. The Balaban J connectivity index is 0.000000268. The molecule has 176 valence electrons. The Morgan fingerprint density at radius 2 is 1.12 bits per heavy atom. The first-order valence-corrected chi connectivity index (χ1v) is 11.7. The van der Waals surface area contributed by atoms with E-state index in [1.807, 2.05) is 18.2 Å². The number of halogens is 2. The molecule has 0 N–H and O–H groups in total. The zero-order valence-electron chi connectivity index (χ0n) is 18.7. The SMILES string of the molecule is Cc1ccc(Cl)c(C2CCCC2)c1.O=C=O.O=C=O.O=Cc1ccc(Cl)c(C2CCCC2)c1. The van der Waals surface area contributed by atoms with Gasteiger partial charge >= 0.3 is 12.3 Å². The summed E-state index contributed by atoms with van der Waals surface area (Å²) in [6.07, 6.45) is 11.8. The molecule has 0 bridgehead atoms.